The van der Waals surface area contributed by atoms with Crippen LogP contribution in [0.1, 0.15) is 36.8 Å². The van der Waals surface area contributed by atoms with E-state index >= 15 is 0 Å². The van der Waals surface area contributed by atoms with Crippen LogP contribution in [0.25, 0.3) is 0 Å². The lowest BCUT2D eigenvalue weighted by molar-refractivity contribution is 0.0696. The third kappa shape index (κ3) is 4.06. The third-order valence-corrected chi connectivity index (χ3v) is 2.87. The molecule has 1 heterocycles. The molecular formula is C15H22N2O3. The molecule has 20 heavy (non-hydrogen) atoms. The van der Waals surface area contributed by atoms with E-state index in [1.54, 1.807) is 17.0 Å². The van der Waals surface area contributed by atoms with Crippen LogP contribution in [-0.4, -0.2) is 40.9 Å². The number of aliphatic hydroxyl groups is 1. The average molecular weight is 278 g/mol. The SMILES string of the molecule is C=CCN(CCO)c1cc(C(=O)O)cc(C(C)(C)C)n1. The number of nitrogens with zero attached hydrogens (tertiary/aromatic N) is 2. The van der Waals surface area contributed by atoms with Gasteiger partial charge in [0.05, 0.1) is 12.2 Å². The first-order valence-electron chi connectivity index (χ1n) is 6.52. The van der Waals surface area contributed by atoms with E-state index in [1.807, 2.05) is 20.8 Å². The third-order valence-electron chi connectivity index (χ3n) is 2.87. The van der Waals surface area contributed by atoms with Crippen LogP contribution in [0.4, 0.5) is 5.82 Å². The molecule has 0 bridgehead atoms. The summed E-state index contributed by atoms with van der Waals surface area (Å²) in [6.07, 6.45) is 1.70. The zero-order valence-electron chi connectivity index (χ0n) is 12.3. The molecule has 0 aliphatic carbocycles. The van der Waals surface area contributed by atoms with Crippen molar-refractivity contribution in [2.75, 3.05) is 24.6 Å². The molecule has 0 fully saturated rings. The van der Waals surface area contributed by atoms with Gasteiger partial charge in [0.15, 0.2) is 0 Å². The van der Waals surface area contributed by atoms with Crippen LogP contribution < -0.4 is 4.90 Å². The fourth-order valence-electron chi connectivity index (χ4n) is 1.76. The Labute approximate surface area is 119 Å². The second-order valence-electron chi connectivity index (χ2n) is 5.61. The van der Waals surface area contributed by atoms with Crippen LogP contribution in [0.15, 0.2) is 24.8 Å². The molecule has 5 nitrogen and oxygen atoms in total. The maximum Gasteiger partial charge on any atom is 0.335 e. The van der Waals surface area contributed by atoms with Crippen molar-refractivity contribution in [1.29, 1.82) is 0 Å². The smallest absolute Gasteiger partial charge is 0.335 e. The predicted molar refractivity (Wildman–Crippen MR) is 79.4 cm³/mol. The minimum Gasteiger partial charge on any atom is -0.478 e. The molecule has 0 aliphatic rings. The van der Waals surface area contributed by atoms with Gasteiger partial charge >= 0.3 is 5.97 Å². The summed E-state index contributed by atoms with van der Waals surface area (Å²) in [5.41, 5.74) is 0.658. The molecule has 0 saturated heterocycles. The molecule has 2 N–H and O–H groups in total. The number of carbonyl (C=O) groups is 1. The van der Waals surface area contributed by atoms with E-state index in [0.717, 1.165) is 0 Å². The summed E-state index contributed by atoms with van der Waals surface area (Å²) in [6.45, 7) is 10.5. The highest BCUT2D eigenvalue weighted by atomic mass is 16.4. The van der Waals surface area contributed by atoms with Gasteiger partial charge in [0, 0.05) is 24.2 Å². The topological polar surface area (TPSA) is 73.7 Å². The standard InChI is InChI=1S/C15H22N2O3/c1-5-6-17(7-8-18)13-10-11(14(19)20)9-12(16-13)15(2,3)4/h5,9-10,18H,1,6-8H2,2-4H3,(H,19,20). The van der Waals surface area contributed by atoms with E-state index in [1.165, 1.54) is 6.07 Å². The van der Waals surface area contributed by atoms with Gasteiger partial charge in [-0.3, -0.25) is 0 Å². The maximum absolute atomic E-state index is 11.3. The fourth-order valence-corrected chi connectivity index (χ4v) is 1.76. The van der Waals surface area contributed by atoms with Crippen LogP contribution in [0.5, 0.6) is 0 Å². The van der Waals surface area contributed by atoms with Gasteiger partial charge in [0.1, 0.15) is 5.82 Å². The number of aromatic carboxylic acids is 1. The fraction of sp³-hybridized carbons (Fsp3) is 0.467. The summed E-state index contributed by atoms with van der Waals surface area (Å²) in [5.74, 6) is -0.439. The normalized spacial score (nSPS) is 11.2. The lowest BCUT2D eigenvalue weighted by Crippen LogP contribution is -2.29. The molecule has 1 rings (SSSR count). The molecule has 0 saturated carbocycles. The van der Waals surface area contributed by atoms with Gasteiger partial charge in [0.25, 0.3) is 0 Å². The minimum absolute atomic E-state index is 0.0301. The Morgan fingerprint density at radius 2 is 2.10 bits per heavy atom. The number of hydrogen-bond donors (Lipinski definition) is 2. The molecule has 0 aromatic carbocycles. The number of hydrogen-bond acceptors (Lipinski definition) is 4. The molecule has 0 radical (unpaired) electrons. The molecule has 0 unspecified atom stereocenters. The van der Waals surface area contributed by atoms with Gasteiger partial charge in [0.2, 0.25) is 0 Å². The number of anilines is 1. The Balaban J connectivity index is 3.33. The number of carboxylic acids is 1. The monoisotopic (exact) mass is 278 g/mol. The molecule has 110 valence electrons. The van der Waals surface area contributed by atoms with Gasteiger partial charge < -0.3 is 15.1 Å². The Kier molecular flexibility index (Phi) is 5.27. The van der Waals surface area contributed by atoms with Crippen LogP contribution in [-0.2, 0) is 5.41 Å². The minimum atomic E-state index is -0.985. The second kappa shape index (κ2) is 6.52. The number of aliphatic hydroxyl groups excluding tert-OH is 1. The number of pyridine rings is 1. The van der Waals surface area contributed by atoms with Crippen LogP contribution in [0.3, 0.4) is 0 Å². The second-order valence-corrected chi connectivity index (χ2v) is 5.61. The van der Waals surface area contributed by atoms with Gasteiger partial charge in [-0.1, -0.05) is 26.8 Å². The highest BCUT2D eigenvalue weighted by molar-refractivity contribution is 5.88. The van der Waals surface area contributed by atoms with E-state index in [2.05, 4.69) is 11.6 Å². The first-order chi connectivity index (χ1) is 9.29. The Bertz CT molecular complexity index is 492. The molecule has 0 aliphatic heterocycles. The maximum atomic E-state index is 11.3. The van der Waals surface area contributed by atoms with Crippen LogP contribution in [0.2, 0.25) is 0 Å². The van der Waals surface area contributed by atoms with Gasteiger partial charge in [-0.25, -0.2) is 9.78 Å². The summed E-state index contributed by atoms with van der Waals surface area (Å²) in [4.78, 5) is 17.6. The van der Waals surface area contributed by atoms with Crippen molar-refractivity contribution in [2.45, 2.75) is 26.2 Å². The zero-order valence-corrected chi connectivity index (χ0v) is 12.3. The highest BCUT2D eigenvalue weighted by Gasteiger charge is 2.20. The molecular weight excluding hydrogens is 256 g/mol. The van der Waals surface area contributed by atoms with E-state index in [9.17, 15) is 9.90 Å². The van der Waals surface area contributed by atoms with E-state index in [0.29, 0.717) is 24.6 Å². The van der Waals surface area contributed by atoms with Crippen molar-refractivity contribution < 1.29 is 15.0 Å². The van der Waals surface area contributed by atoms with Gasteiger partial charge in [-0.15, -0.1) is 6.58 Å². The van der Waals surface area contributed by atoms with E-state index < -0.39 is 5.97 Å². The first-order valence-corrected chi connectivity index (χ1v) is 6.52. The van der Waals surface area contributed by atoms with Crippen LogP contribution in [0, 0.1) is 0 Å². The summed E-state index contributed by atoms with van der Waals surface area (Å²) >= 11 is 0. The highest BCUT2D eigenvalue weighted by Crippen LogP contribution is 2.25. The van der Waals surface area contributed by atoms with Crippen LogP contribution >= 0.6 is 0 Å². The number of rotatable bonds is 6. The Hall–Kier alpha value is -1.88. The summed E-state index contributed by atoms with van der Waals surface area (Å²) in [5, 5.41) is 18.3. The Morgan fingerprint density at radius 1 is 1.45 bits per heavy atom. The Morgan fingerprint density at radius 3 is 2.55 bits per heavy atom. The lowest BCUT2D eigenvalue weighted by atomic mass is 9.90. The van der Waals surface area contributed by atoms with Gasteiger partial charge in [-0.2, -0.15) is 0 Å². The van der Waals surface area contributed by atoms with Crippen molar-refractivity contribution in [3.05, 3.63) is 36.0 Å². The van der Waals surface area contributed by atoms with E-state index in [4.69, 9.17) is 5.11 Å². The summed E-state index contributed by atoms with van der Waals surface area (Å²) < 4.78 is 0. The molecule has 5 heteroatoms. The van der Waals surface area contributed by atoms with Gasteiger partial charge in [-0.05, 0) is 12.1 Å². The largest absolute Gasteiger partial charge is 0.478 e. The quantitative estimate of drug-likeness (QED) is 0.779. The molecule has 1 aromatic heterocycles. The number of aromatic nitrogens is 1. The molecule has 0 spiro atoms. The lowest BCUT2D eigenvalue weighted by Gasteiger charge is -2.25. The first kappa shape index (κ1) is 16.2. The zero-order chi connectivity index (χ0) is 15.3. The molecule has 0 amide bonds. The summed E-state index contributed by atoms with van der Waals surface area (Å²) in [7, 11) is 0. The molecule has 1 aromatic rings. The van der Waals surface area contributed by atoms with Crippen molar-refractivity contribution in [1.82, 2.24) is 4.98 Å². The van der Waals surface area contributed by atoms with E-state index in [-0.39, 0.29) is 17.6 Å². The van der Waals surface area contributed by atoms with Crippen molar-refractivity contribution in [2.24, 2.45) is 0 Å². The van der Waals surface area contributed by atoms with Crippen molar-refractivity contribution >= 4 is 11.8 Å². The number of carboxylic acid groups (broad SMARTS) is 1. The predicted octanol–water partition coefficient (Wildman–Crippen LogP) is 2.06. The van der Waals surface area contributed by atoms with Crippen molar-refractivity contribution in [3.63, 3.8) is 0 Å². The summed E-state index contributed by atoms with van der Waals surface area (Å²) in [6, 6.07) is 3.12. The van der Waals surface area contributed by atoms with Crippen molar-refractivity contribution in [3.8, 4) is 0 Å². The molecule has 0 atom stereocenters. The average Bonchev–Trinajstić information content (AvgIpc) is 2.37.